The number of amides is 3. The number of carbonyl (C=O) groups excluding carboxylic acids is 3. The summed E-state index contributed by atoms with van der Waals surface area (Å²) >= 11 is 1.29. The van der Waals surface area contributed by atoms with Crippen molar-refractivity contribution in [2.45, 2.75) is 26.3 Å². The van der Waals surface area contributed by atoms with Crippen molar-refractivity contribution in [3.05, 3.63) is 47.0 Å². The van der Waals surface area contributed by atoms with Gasteiger partial charge in [-0.3, -0.25) is 19.3 Å². The highest BCUT2D eigenvalue weighted by molar-refractivity contribution is 7.13. The van der Waals surface area contributed by atoms with Gasteiger partial charge in [-0.25, -0.2) is 4.98 Å². The highest BCUT2D eigenvalue weighted by Gasteiger charge is 2.44. The largest absolute Gasteiger partial charge is 0.300 e. The molecule has 0 fully saturated rings. The van der Waals surface area contributed by atoms with Crippen molar-refractivity contribution >= 4 is 34.2 Å². The fraction of sp³-hybridized carbons (Fsp3) is 0.294. The quantitative estimate of drug-likeness (QED) is 0.847. The first-order valence-corrected chi connectivity index (χ1v) is 8.59. The minimum Gasteiger partial charge on any atom is -0.300 e. The molecule has 1 aromatic heterocycles. The molecule has 1 aromatic carbocycles. The number of carbonyl (C=O) groups is 3. The Balaban J connectivity index is 1.94. The van der Waals surface area contributed by atoms with Crippen LogP contribution in [0.4, 0.5) is 5.13 Å². The van der Waals surface area contributed by atoms with E-state index in [1.807, 2.05) is 13.8 Å². The molecule has 1 aliphatic heterocycles. The third-order valence-corrected chi connectivity index (χ3v) is 4.91. The molecule has 2 unspecified atom stereocenters. The maximum atomic E-state index is 12.7. The van der Waals surface area contributed by atoms with Crippen LogP contribution in [-0.2, 0) is 4.79 Å². The van der Waals surface area contributed by atoms with E-state index in [9.17, 15) is 14.4 Å². The fourth-order valence-corrected chi connectivity index (χ4v) is 3.31. The van der Waals surface area contributed by atoms with Crippen molar-refractivity contribution in [2.24, 2.45) is 5.92 Å². The van der Waals surface area contributed by atoms with E-state index in [0.29, 0.717) is 22.7 Å². The zero-order valence-electron chi connectivity index (χ0n) is 13.4. The van der Waals surface area contributed by atoms with Crippen LogP contribution in [0.2, 0.25) is 0 Å². The number of nitrogens with zero attached hydrogens (tertiary/aromatic N) is 2. The van der Waals surface area contributed by atoms with E-state index < -0.39 is 23.8 Å². The number of imide groups is 1. The lowest BCUT2D eigenvalue weighted by Crippen LogP contribution is -2.50. The Kier molecular flexibility index (Phi) is 4.44. The van der Waals surface area contributed by atoms with Gasteiger partial charge >= 0.3 is 0 Å². The van der Waals surface area contributed by atoms with Crippen molar-refractivity contribution < 1.29 is 14.4 Å². The average molecular weight is 343 g/mol. The van der Waals surface area contributed by atoms with Gasteiger partial charge in [-0.05, 0) is 18.1 Å². The summed E-state index contributed by atoms with van der Waals surface area (Å²) in [6.07, 6.45) is 2.24. The maximum absolute atomic E-state index is 12.7. The van der Waals surface area contributed by atoms with Gasteiger partial charge in [0.05, 0.1) is 11.1 Å². The highest BCUT2D eigenvalue weighted by atomic mass is 32.1. The molecule has 3 amide bonds. The second kappa shape index (κ2) is 6.52. The van der Waals surface area contributed by atoms with Gasteiger partial charge < -0.3 is 5.32 Å². The first-order valence-electron chi connectivity index (χ1n) is 7.71. The van der Waals surface area contributed by atoms with E-state index >= 15 is 0 Å². The number of hydrogen-bond donors (Lipinski definition) is 1. The Bertz CT molecular complexity index is 753. The lowest BCUT2D eigenvalue weighted by Gasteiger charge is -2.29. The number of aromatic nitrogens is 1. The Morgan fingerprint density at radius 2 is 1.88 bits per heavy atom. The van der Waals surface area contributed by atoms with Gasteiger partial charge in [-0.2, -0.15) is 0 Å². The maximum Gasteiger partial charge on any atom is 0.262 e. The average Bonchev–Trinajstić information content (AvgIpc) is 3.18. The molecule has 2 aromatic rings. The van der Waals surface area contributed by atoms with Gasteiger partial charge in [0.2, 0.25) is 5.91 Å². The van der Waals surface area contributed by atoms with Gasteiger partial charge in [-0.1, -0.05) is 32.4 Å². The molecule has 0 saturated carbocycles. The van der Waals surface area contributed by atoms with Crippen LogP contribution >= 0.6 is 11.3 Å². The smallest absolute Gasteiger partial charge is 0.262 e. The molecule has 1 N–H and O–H groups in total. The normalized spacial score (nSPS) is 16.0. The van der Waals surface area contributed by atoms with Gasteiger partial charge in [0.1, 0.15) is 6.04 Å². The Hall–Kier alpha value is -2.54. The van der Waals surface area contributed by atoms with Crippen LogP contribution in [0.1, 0.15) is 41.0 Å². The molecular formula is C17H17N3O3S. The predicted molar refractivity (Wildman–Crippen MR) is 90.9 cm³/mol. The van der Waals surface area contributed by atoms with E-state index in [-0.39, 0.29) is 5.92 Å². The fourth-order valence-electron chi connectivity index (χ4n) is 2.78. The van der Waals surface area contributed by atoms with Crippen LogP contribution in [0.25, 0.3) is 0 Å². The lowest BCUT2D eigenvalue weighted by molar-refractivity contribution is -0.121. The standard InChI is InChI=1S/C17H17N3O3S/c1-3-10(2)13(14(21)19-17-18-8-9-24-17)20-15(22)11-6-4-5-7-12(11)16(20)23/h4-10,13H,3H2,1-2H3,(H,18,19,21). The third kappa shape index (κ3) is 2.71. The molecule has 7 heteroatoms. The summed E-state index contributed by atoms with van der Waals surface area (Å²) in [5, 5.41) is 4.90. The SMILES string of the molecule is CCC(C)C(C(=O)Nc1nccs1)N1C(=O)c2ccccc2C1=O. The number of benzene rings is 1. The van der Waals surface area contributed by atoms with Crippen molar-refractivity contribution in [2.75, 3.05) is 5.32 Å². The molecule has 24 heavy (non-hydrogen) atoms. The molecule has 0 aliphatic carbocycles. The first kappa shape index (κ1) is 16.3. The van der Waals surface area contributed by atoms with Crippen LogP contribution in [0.5, 0.6) is 0 Å². The van der Waals surface area contributed by atoms with E-state index in [2.05, 4.69) is 10.3 Å². The van der Waals surface area contributed by atoms with Crippen LogP contribution in [0, 0.1) is 5.92 Å². The zero-order chi connectivity index (χ0) is 17.3. The van der Waals surface area contributed by atoms with Crippen molar-refractivity contribution in [3.8, 4) is 0 Å². The summed E-state index contributed by atoms with van der Waals surface area (Å²) in [5.41, 5.74) is 0.690. The molecule has 2 atom stereocenters. The van der Waals surface area contributed by atoms with E-state index in [0.717, 1.165) is 4.90 Å². The van der Waals surface area contributed by atoms with Crippen LogP contribution in [0.15, 0.2) is 35.8 Å². The van der Waals surface area contributed by atoms with Crippen molar-refractivity contribution in [3.63, 3.8) is 0 Å². The number of fused-ring (bicyclic) bond motifs is 1. The van der Waals surface area contributed by atoms with Gasteiger partial charge in [0.25, 0.3) is 11.8 Å². The Labute approximate surface area is 143 Å². The topological polar surface area (TPSA) is 79.4 Å². The van der Waals surface area contributed by atoms with Gasteiger partial charge in [0.15, 0.2) is 5.13 Å². The summed E-state index contributed by atoms with van der Waals surface area (Å²) < 4.78 is 0. The van der Waals surface area contributed by atoms with E-state index in [4.69, 9.17) is 0 Å². The van der Waals surface area contributed by atoms with Crippen molar-refractivity contribution in [1.29, 1.82) is 0 Å². The third-order valence-electron chi connectivity index (χ3n) is 4.22. The number of thiazole rings is 1. The molecule has 0 spiro atoms. The van der Waals surface area contributed by atoms with Crippen LogP contribution in [0.3, 0.4) is 0 Å². The minimum absolute atomic E-state index is 0.174. The Morgan fingerprint density at radius 3 is 2.38 bits per heavy atom. The second-order valence-corrected chi connectivity index (χ2v) is 6.58. The lowest BCUT2D eigenvalue weighted by atomic mass is 9.96. The molecular weight excluding hydrogens is 326 g/mol. The number of anilines is 1. The second-order valence-electron chi connectivity index (χ2n) is 5.68. The monoisotopic (exact) mass is 343 g/mol. The Morgan fingerprint density at radius 1 is 1.25 bits per heavy atom. The predicted octanol–water partition coefficient (Wildman–Crippen LogP) is 2.79. The summed E-state index contributed by atoms with van der Waals surface area (Å²) in [4.78, 5) is 43.2. The molecule has 0 bridgehead atoms. The molecule has 0 saturated heterocycles. The van der Waals surface area contributed by atoms with Crippen LogP contribution in [-0.4, -0.2) is 33.6 Å². The summed E-state index contributed by atoms with van der Waals surface area (Å²) in [5.74, 6) is -1.41. The minimum atomic E-state index is -0.869. The summed E-state index contributed by atoms with van der Waals surface area (Å²) in [6, 6.07) is 5.78. The molecule has 1 aliphatic rings. The number of rotatable bonds is 5. The van der Waals surface area contributed by atoms with E-state index in [1.165, 1.54) is 11.3 Å². The first-order chi connectivity index (χ1) is 11.5. The van der Waals surface area contributed by atoms with Gasteiger partial charge in [-0.15, -0.1) is 11.3 Å². The summed E-state index contributed by atoms with van der Waals surface area (Å²) in [6.45, 7) is 3.78. The zero-order valence-corrected chi connectivity index (χ0v) is 14.2. The number of nitrogens with one attached hydrogen (secondary N) is 1. The molecule has 0 radical (unpaired) electrons. The van der Waals surface area contributed by atoms with E-state index in [1.54, 1.807) is 35.8 Å². The van der Waals surface area contributed by atoms with Crippen LogP contribution < -0.4 is 5.32 Å². The van der Waals surface area contributed by atoms with Gasteiger partial charge in [0, 0.05) is 11.6 Å². The molecule has 3 rings (SSSR count). The highest BCUT2D eigenvalue weighted by Crippen LogP contribution is 2.29. The van der Waals surface area contributed by atoms with Crippen molar-refractivity contribution in [1.82, 2.24) is 9.88 Å². The number of hydrogen-bond acceptors (Lipinski definition) is 5. The molecule has 2 heterocycles. The molecule has 124 valence electrons. The summed E-state index contributed by atoms with van der Waals surface area (Å²) in [7, 11) is 0. The molecule has 6 nitrogen and oxygen atoms in total.